The van der Waals surface area contributed by atoms with Gasteiger partial charge in [-0.05, 0) is 24.6 Å². The van der Waals surface area contributed by atoms with Crippen LogP contribution in [0.3, 0.4) is 0 Å². The predicted octanol–water partition coefficient (Wildman–Crippen LogP) is 0.107. The van der Waals surface area contributed by atoms with Crippen molar-refractivity contribution in [1.29, 1.82) is 10.5 Å². The van der Waals surface area contributed by atoms with Gasteiger partial charge in [-0.25, -0.2) is 4.99 Å². The van der Waals surface area contributed by atoms with E-state index in [1.54, 1.807) is 0 Å². The molecule has 2 heterocycles. The molecule has 0 amide bonds. The van der Waals surface area contributed by atoms with E-state index >= 15 is 0 Å². The molecule has 0 bridgehead atoms. The summed E-state index contributed by atoms with van der Waals surface area (Å²) in [6.07, 6.45) is -0.179. The van der Waals surface area contributed by atoms with Gasteiger partial charge < -0.3 is 9.47 Å². The zero-order chi connectivity index (χ0) is 16.5. The van der Waals surface area contributed by atoms with Gasteiger partial charge in [0, 0.05) is 10.4 Å². The van der Waals surface area contributed by atoms with E-state index in [1.807, 2.05) is 31.2 Å². The Kier molecular flexibility index (Phi) is 2.76. The lowest BCUT2D eigenvalue weighted by atomic mass is 9.94. The number of benzene rings is 1. The van der Waals surface area contributed by atoms with Crippen molar-refractivity contribution in [2.75, 3.05) is 6.61 Å². The predicted molar refractivity (Wildman–Crippen MR) is 82.4 cm³/mol. The van der Waals surface area contributed by atoms with Crippen molar-refractivity contribution in [2.24, 2.45) is 16.6 Å². The van der Waals surface area contributed by atoms with E-state index in [1.165, 1.54) is 0 Å². The maximum Gasteiger partial charge on any atom is 0.343 e. The van der Waals surface area contributed by atoms with Gasteiger partial charge >= 0.3 is 5.91 Å². The molecule has 6 nitrogen and oxygen atoms in total. The molecule has 2 fully saturated rings. The van der Waals surface area contributed by atoms with Gasteiger partial charge in [0.05, 0.1) is 24.8 Å². The Bertz CT molecular complexity index is 811. The third-order valence-electron chi connectivity index (χ3n) is 5.09. The molecule has 0 unspecified atom stereocenters. The molecule has 1 saturated carbocycles. The fraction of sp³-hybridized carbons (Fsp3) is 0.438. The van der Waals surface area contributed by atoms with Gasteiger partial charge in [-0.15, -0.1) is 0 Å². The highest BCUT2D eigenvalue weighted by atomic mass is 79.9. The highest BCUT2D eigenvalue weighted by molar-refractivity contribution is 9.10. The van der Waals surface area contributed by atoms with Gasteiger partial charge in [0.2, 0.25) is 0 Å². The van der Waals surface area contributed by atoms with Crippen molar-refractivity contribution in [3.8, 4) is 12.1 Å². The topological polar surface area (TPSA) is 106 Å². The van der Waals surface area contributed by atoms with E-state index < -0.39 is 22.7 Å². The summed E-state index contributed by atoms with van der Waals surface area (Å²) in [4.78, 5) is 2.95. The zero-order valence-electron chi connectivity index (χ0n) is 12.3. The molecule has 1 aromatic rings. The maximum atomic E-state index is 10.00. The Morgan fingerprint density at radius 2 is 2.00 bits per heavy atom. The average molecular weight is 374 g/mol. The smallest absolute Gasteiger partial charge is 0.311 e. The highest BCUT2D eigenvalue weighted by Gasteiger charge is 2.97. The third-order valence-corrected chi connectivity index (χ3v) is 5.62. The van der Waals surface area contributed by atoms with Crippen LogP contribution in [0.4, 0.5) is 0 Å². The first kappa shape index (κ1) is 14.6. The molecule has 1 spiro atoms. The SMILES string of the molecule is C[C@H]1CO[C@@]2([NH+]=C(N)[C@@]3(C#N)[C@@H](c4ccc(Br)cc4)[C@@]23C#N)O1. The summed E-state index contributed by atoms with van der Waals surface area (Å²) in [5.41, 5.74) is 4.66. The minimum Gasteiger partial charge on any atom is -0.311 e. The summed E-state index contributed by atoms with van der Waals surface area (Å²) in [6.45, 7) is 2.21. The summed E-state index contributed by atoms with van der Waals surface area (Å²) < 4.78 is 12.7. The molecule has 1 saturated heterocycles. The maximum absolute atomic E-state index is 10.00. The first-order valence-electron chi connectivity index (χ1n) is 7.28. The molecular formula is C16H14BrN4O2+. The second-order valence-corrected chi connectivity index (χ2v) is 7.13. The molecule has 1 aromatic carbocycles. The Balaban J connectivity index is 1.91. The van der Waals surface area contributed by atoms with Gasteiger partial charge in [-0.3, -0.25) is 5.73 Å². The lowest BCUT2D eigenvalue weighted by Gasteiger charge is -2.24. The molecule has 0 aromatic heterocycles. The quantitative estimate of drug-likeness (QED) is 0.726. The molecule has 3 aliphatic rings. The van der Waals surface area contributed by atoms with Crippen molar-refractivity contribution in [1.82, 2.24) is 0 Å². The first-order chi connectivity index (χ1) is 11.0. The molecule has 2 aliphatic heterocycles. The molecule has 3 N–H and O–H groups in total. The number of fused-ring (bicyclic) bond motifs is 2. The lowest BCUT2D eigenvalue weighted by Crippen LogP contribution is -2.90. The van der Waals surface area contributed by atoms with E-state index in [4.69, 9.17) is 15.2 Å². The monoisotopic (exact) mass is 373 g/mol. The molecule has 0 radical (unpaired) electrons. The molecule has 7 heteroatoms. The van der Waals surface area contributed by atoms with Crippen LogP contribution in [0.2, 0.25) is 0 Å². The number of hydrogen-bond acceptors (Lipinski definition) is 5. The van der Waals surface area contributed by atoms with Crippen molar-refractivity contribution in [3.05, 3.63) is 34.3 Å². The van der Waals surface area contributed by atoms with Crippen LogP contribution >= 0.6 is 15.9 Å². The Hall–Kier alpha value is -1.93. The number of nitriles is 2. The number of nitrogens with two attached hydrogens (primary N) is 1. The minimum atomic E-state index is -1.36. The van der Waals surface area contributed by atoms with Crippen LogP contribution in [0.5, 0.6) is 0 Å². The van der Waals surface area contributed by atoms with E-state index in [0.29, 0.717) is 6.61 Å². The molecule has 116 valence electrons. The van der Waals surface area contributed by atoms with Crippen LogP contribution in [0, 0.1) is 33.5 Å². The number of rotatable bonds is 1. The van der Waals surface area contributed by atoms with Crippen molar-refractivity contribution < 1.29 is 14.5 Å². The van der Waals surface area contributed by atoms with E-state index in [2.05, 4.69) is 33.1 Å². The number of amidine groups is 1. The van der Waals surface area contributed by atoms with Crippen molar-refractivity contribution in [2.45, 2.75) is 24.9 Å². The van der Waals surface area contributed by atoms with Crippen molar-refractivity contribution >= 4 is 21.8 Å². The van der Waals surface area contributed by atoms with Gasteiger partial charge in [-0.1, -0.05) is 28.1 Å². The van der Waals surface area contributed by atoms with Crippen LogP contribution in [-0.2, 0) is 9.47 Å². The van der Waals surface area contributed by atoms with Gasteiger partial charge in [0.15, 0.2) is 10.8 Å². The van der Waals surface area contributed by atoms with E-state index in [9.17, 15) is 10.5 Å². The summed E-state index contributed by atoms with van der Waals surface area (Å²) >= 11 is 3.40. The summed E-state index contributed by atoms with van der Waals surface area (Å²) in [5, 5.41) is 19.9. The summed E-state index contributed by atoms with van der Waals surface area (Å²) in [6, 6.07) is 12.1. The number of ether oxygens (including phenoxy) is 2. The molecule has 5 atom stereocenters. The zero-order valence-corrected chi connectivity index (χ0v) is 13.9. The Morgan fingerprint density at radius 3 is 2.52 bits per heavy atom. The Morgan fingerprint density at radius 1 is 1.30 bits per heavy atom. The average Bonchev–Trinajstić information content (AvgIpc) is 2.92. The molecule has 4 rings (SSSR count). The number of hydrogen-bond donors (Lipinski definition) is 2. The molecule has 1 aliphatic carbocycles. The fourth-order valence-corrected chi connectivity index (χ4v) is 4.38. The largest absolute Gasteiger partial charge is 0.343 e. The lowest BCUT2D eigenvalue weighted by molar-refractivity contribution is -0.677. The molecule has 23 heavy (non-hydrogen) atoms. The normalized spacial score (nSPS) is 43.6. The van der Waals surface area contributed by atoms with E-state index in [-0.39, 0.29) is 11.9 Å². The molecular weight excluding hydrogens is 360 g/mol. The van der Waals surface area contributed by atoms with Crippen LogP contribution in [0.1, 0.15) is 18.4 Å². The van der Waals surface area contributed by atoms with Crippen LogP contribution in [-0.4, -0.2) is 24.5 Å². The number of halogens is 1. The van der Waals surface area contributed by atoms with Crippen LogP contribution < -0.4 is 10.7 Å². The van der Waals surface area contributed by atoms with E-state index in [0.717, 1.165) is 10.0 Å². The summed E-state index contributed by atoms with van der Waals surface area (Å²) in [5.74, 6) is -1.52. The van der Waals surface area contributed by atoms with Crippen LogP contribution in [0.25, 0.3) is 0 Å². The second kappa shape index (κ2) is 4.33. The Labute approximate surface area is 141 Å². The van der Waals surface area contributed by atoms with Gasteiger partial charge in [0.25, 0.3) is 5.84 Å². The summed E-state index contributed by atoms with van der Waals surface area (Å²) in [7, 11) is 0. The number of nitrogens with one attached hydrogen (secondary N) is 1. The van der Waals surface area contributed by atoms with Crippen molar-refractivity contribution in [3.63, 3.8) is 0 Å². The second-order valence-electron chi connectivity index (χ2n) is 6.22. The fourth-order valence-electron chi connectivity index (χ4n) is 4.12. The minimum absolute atomic E-state index is 0.179. The van der Waals surface area contributed by atoms with Crippen LogP contribution in [0.15, 0.2) is 28.7 Å². The van der Waals surface area contributed by atoms with Gasteiger partial charge in [-0.2, -0.15) is 10.5 Å². The third kappa shape index (κ3) is 1.41. The highest BCUT2D eigenvalue weighted by Crippen LogP contribution is 2.79. The first-order valence-corrected chi connectivity index (χ1v) is 8.07. The number of nitrogens with zero attached hydrogens (tertiary/aromatic N) is 2. The standard InChI is InChI=1S/C16H13BrN4O2/c1-9-6-22-16(23-9)15(8-19)12(10-2-4-11(17)5-3-10)14(15,7-18)13(20)21-16/h2-5,9,12H,6H2,1H3,(H2,20,21)/p+1/t9-,12+,14+,15+,16+/m0/s1. The van der Waals surface area contributed by atoms with Gasteiger partial charge in [0.1, 0.15) is 0 Å².